The van der Waals surface area contributed by atoms with Gasteiger partial charge in [-0.1, -0.05) is 6.07 Å². The molecule has 0 unspecified atom stereocenters. The molecule has 0 aliphatic carbocycles. The molecule has 1 aromatic heterocycles. The van der Waals surface area contributed by atoms with Crippen LogP contribution in [0.4, 0.5) is 18.9 Å². The number of benzene rings is 1. The summed E-state index contributed by atoms with van der Waals surface area (Å²) in [6.45, 7) is 1.99. The van der Waals surface area contributed by atoms with Crippen molar-refractivity contribution in [3.63, 3.8) is 0 Å². The molecule has 94 valence electrons. The first kappa shape index (κ1) is 12.4. The largest absolute Gasteiger partial charge is 0.375 e. The molecule has 0 radical (unpaired) electrons. The second-order valence-corrected chi connectivity index (χ2v) is 3.87. The van der Waals surface area contributed by atoms with E-state index in [-0.39, 0.29) is 12.2 Å². The first-order chi connectivity index (χ1) is 8.56. The molecule has 2 aromatic rings. The summed E-state index contributed by atoms with van der Waals surface area (Å²) in [6, 6.07) is 6.63. The second-order valence-electron chi connectivity index (χ2n) is 3.87. The Morgan fingerprint density at radius 2 is 1.78 bits per heavy atom. The number of rotatable bonds is 3. The van der Waals surface area contributed by atoms with Crippen LogP contribution in [0.3, 0.4) is 0 Å². The molecule has 0 aliphatic rings. The Bertz CT molecular complexity index is 547. The molecule has 2 rings (SSSR count). The average Bonchev–Trinajstić information content (AvgIpc) is 2.27. The fourth-order valence-electron chi connectivity index (χ4n) is 1.59. The van der Waals surface area contributed by atoms with Crippen molar-refractivity contribution in [3.05, 3.63) is 59.2 Å². The van der Waals surface area contributed by atoms with Gasteiger partial charge in [0.25, 0.3) is 0 Å². The lowest BCUT2D eigenvalue weighted by Crippen LogP contribution is -2.06. The number of halogens is 3. The molecule has 0 saturated carbocycles. The number of nitrogens with zero attached hydrogens (tertiary/aromatic N) is 1. The van der Waals surface area contributed by atoms with Gasteiger partial charge in [0.05, 0.1) is 12.2 Å². The van der Waals surface area contributed by atoms with E-state index >= 15 is 0 Å². The predicted molar refractivity (Wildman–Crippen MR) is 62.6 cm³/mol. The zero-order valence-corrected chi connectivity index (χ0v) is 9.67. The lowest BCUT2D eigenvalue weighted by Gasteiger charge is -2.08. The Labute approximate surface area is 102 Å². The van der Waals surface area contributed by atoms with Crippen molar-refractivity contribution in [3.8, 4) is 0 Å². The van der Waals surface area contributed by atoms with Gasteiger partial charge in [-0.25, -0.2) is 13.2 Å². The Morgan fingerprint density at radius 3 is 2.39 bits per heavy atom. The standard InChI is InChI=1S/C13H11F3N2/c1-8-3-2-4-10(18-8)7-17-13-11(15)5-9(14)6-12(13)16/h2-6,17H,7H2,1H3. The molecule has 0 saturated heterocycles. The topological polar surface area (TPSA) is 24.9 Å². The van der Waals surface area contributed by atoms with E-state index in [2.05, 4.69) is 10.3 Å². The van der Waals surface area contributed by atoms with Gasteiger partial charge in [-0.2, -0.15) is 0 Å². The molecule has 0 amide bonds. The molecule has 1 N–H and O–H groups in total. The first-order valence-electron chi connectivity index (χ1n) is 5.37. The summed E-state index contributed by atoms with van der Waals surface area (Å²) in [5, 5.41) is 2.57. The molecule has 5 heteroatoms. The Morgan fingerprint density at radius 1 is 1.11 bits per heavy atom. The van der Waals surface area contributed by atoms with Crippen molar-refractivity contribution >= 4 is 5.69 Å². The maximum absolute atomic E-state index is 13.3. The molecule has 18 heavy (non-hydrogen) atoms. The lowest BCUT2D eigenvalue weighted by atomic mass is 10.2. The van der Waals surface area contributed by atoms with Gasteiger partial charge >= 0.3 is 0 Å². The van der Waals surface area contributed by atoms with E-state index in [0.29, 0.717) is 17.8 Å². The predicted octanol–water partition coefficient (Wildman–Crippen LogP) is 3.42. The van der Waals surface area contributed by atoms with Crippen LogP contribution in [0.15, 0.2) is 30.3 Å². The molecule has 0 spiro atoms. The van der Waals surface area contributed by atoms with Gasteiger partial charge in [-0.05, 0) is 19.1 Å². The smallest absolute Gasteiger partial charge is 0.152 e. The summed E-state index contributed by atoms with van der Waals surface area (Å²) in [4.78, 5) is 4.18. The number of hydrogen-bond acceptors (Lipinski definition) is 2. The minimum Gasteiger partial charge on any atom is -0.375 e. The van der Waals surface area contributed by atoms with Crippen molar-refractivity contribution in [1.82, 2.24) is 4.98 Å². The molecule has 0 bridgehead atoms. The van der Waals surface area contributed by atoms with Crippen molar-refractivity contribution in [2.24, 2.45) is 0 Å². The van der Waals surface area contributed by atoms with E-state index in [4.69, 9.17) is 0 Å². The quantitative estimate of drug-likeness (QED) is 0.905. The van der Waals surface area contributed by atoms with Crippen LogP contribution in [0.1, 0.15) is 11.4 Å². The average molecular weight is 252 g/mol. The third-order valence-electron chi connectivity index (χ3n) is 2.40. The van der Waals surface area contributed by atoms with Crippen LogP contribution in [0, 0.1) is 24.4 Å². The molecule has 2 nitrogen and oxygen atoms in total. The van der Waals surface area contributed by atoms with E-state index in [9.17, 15) is 13.2 Å². The van der Waals surface area contributed by atoms with Crippen molar-refractivity contribution in [2.45, 2.75) is 13.5 Å². The highest BCUT2D eigenvalue weighted by atomic mass is 19.1. The van der Waals surface area contributed by atoms with Crippen LogP contribution in [0.2, 0.25) is 0 Å². The second kappa shape index (κ2) is 5.08. The van der Waals surface area contributed by atoms with E-state index in [1.165, 1.54) is 0 Å². The van der Waals surface area contributed by atoms with Crippen LogP contribution in [0.5, 0.6) is 0 Å². The van der Waals surface area contributed by atoms with Crippen LogP contribution < -0.4 is 5.32 Å². The zero-order chi connectivity index (χ0) is 13.1. The summed E-state index contributed by atoms with van der Waals surface area (Å²) in [7, 11) is 0. The molecule has 0 atom stereocenters. The highest BCUT2D eigenvalue weighted by Crippen LogP contribution is 2.20. The van der Waals surface area contributed by atoms with Crippen molar-refractivity contribution in [1.29, 1.82) is 0 Å². The maximum Gasteiger partial charge on any atom is 0.152 e. The van der Waals surface area contributed by atoms with Crippen LogP contribution in [-0.2, 0) is 6.54 Å². The van der Waals surface area contributed by atoms with Gasteiger partial charge in [0.1, 0.15) is 11.5 Å². The Hall–Kier alpha value is -2.04. The first-order valence-corrected chi connectivity index (χ1v) is 5.37. The Balaban J connectivity index is 2.16. The number of nitrogens with one attached hydrogen (secondary N) is 1. The fourth-order valence-corrected chi connectivity index (χ4v) is 1.59. The molecular weight excluding hydrogens is 241 g/mol. The van der Waals surface area contributed by atoms with E-state index in [0.717, 1.165) is 5.69 Å². The van der Waals surface area contributed by atoms with E-state index in [1.807, 2.05) is 13.0 Å². The molecule has 0 aliphatic heterocycles. The number of aromatic nitrogens is 1. The molecule has 0 fully saturated rings. The summed E-state index contributed by atoms with van der Waals surface area (Å²) in [6.07, 6.45) is 0. The van der Waals surface area contributed by atoms with Crippen molar-refractivity contribution in [2.75, 3.05) is 5.32 Å². The SMILES string of the molecule is Cc1cccc(CNc2c(F)cc(F)cc2F)n1. The van der Waals surface area contributed by atoms with Crippen LogP contribution in [-0.4, -0.2) is 4.98 Å². The van der Waals surface area contributed by atoms with Gasteiger partial charge in [-0.15, -0.1) is 0 Å². The van der Waals surface area contributed by atoms with Gasteiger partial charge in [0.2, 0.25) is 0 Å². The van der Waals surface area contributed by atoms with Crippen LogP contribution >= 0.6 is 0 Å². The normalized spacial score (nSPS) is 10.4. The van der Waals surface area contributed by atoms with Crippen molar-refractivity contribution < 1.29 is 13.2 Å². The van der Waals surface area contributed by atoms with E-state index in [1.54, 1.807) is 12.1 Å². The summed E-state index contributed by atoms with van der Waals surface area (Å²) in [5.74, 6) is -2.86. The highest BCUT2D eigenvalue weighted by Gasteiger charge is 2.11. The zero-order valence-electron chi connectivity index (χ0n) is 9.67. The third kappa shape index (κ3) is 2.80. The monoisotopic (exact) mass is 252 g/mol. The van der Waals surface area contributed by atoms with Gasteiger partial charge in [0.15, 0.2) is 11.6 Å². The van der Waals surface area contributed by atoms with Gasteiger partial charge in [0, 0.05) is 17.8 Å². The lowest BCUT2D eigenvalue weighted by molar-refractivity contribution is 0.547. The number of aryl methyl sites for hydroxylation is 1. The van der Waals surface area contributed by atoms with Gasteiger partial charge < -0.3 is 5.32 Å². The minimum absolute atomic E-state index is 0.168. The maximum atomic E-state index is 13.3. The summed E-state index contributed by atoms with van der Waals surface area (Å²) in [5.41, 5.74) is 1.12. The number of hydrogen-bond donors (Lipinski definition) is 1. The fraction of sp³-hybridized carbons (Fsp3) is 0.154. The summed E-state index contributed by atoms with van der Waals surface area (Å²) < 4.78 is 39.4. The number of anilines is 1. The summed E-state index contributed by atoms with van der Waals surface area (Å²) >= 11 is 0. The molecule has 1 heterocycles. The third-order valence-corrected chi connectivity index (χ3v) is 2.40. The minimum atomic E-state index is -0.958. The van der Waals surface area contributed by atoms with Gasteiger partial charge in [-0.3, -0.25) is 4.98 Å². The Kier molecular flexibility index (Phi) is 3.50. The molecule has 1 aromatic carbocycles. The highest BCUT2D eigenvalue weighted by molar-refractivity contribution is 5.46. The van der Waals surface area contributed by atoms with Crippen LogP contribution in [0.25, 0.3) is 0 Å². The molecular formula is C13H11F3N2. The van der Waals surface area contributed by atoms with E-state index < -0.39 is 17.5 Å². The number of pyridine rings is 1.